The predicted octanol–water partition coefficient (Wildman–Crippen LogP) is 1.57. The lowest BCUT2D eigenvalue weighted by Gasteiger charge is -2.06. The number of amides is 2. The first-order valence-corrected chi connectivity index (χ1v) is 6.78. The first-order valence-electron chi connectivity index (χ1n) is 6.78. The van der Waals surface area contributed by atoms with E-state index in [-0.39, 0.29) is 18.2 Å². The molecule has 0 aliphatic carbocycles. The number of pyridine rings is 1. The van der Waals surface area contributed by atoms with Crippen LogP contribution in [0.3, 0.4) is 0 Å². The van der Waals surface area contributed by atoms with Crippen LogP contribution in [0.2, 0.25) is 0 Å². The van der Waals surface area contributed by atoms with Gasteiger partial charge in [-0.2, -0.15) is 0 Å². The van der Waals surface area contributed by atoms with Crippen LogP contribution in [0.5, 0.6) is 0 Å². The van der Waals surface area contributed by atoms with Crippen molar-refractivity contribution in [3.05, 3.63) is 66.1 Å². The summed E-state index contributed by atoms with van der Waals surface area (Å²) in [5.41, 5.74) is 7.09. The molecular weight excluding hydrogens is 280 g/mol. The Hall–Kier alpha value is -3.15. The van der Waals surface area contributed by atoms with E-state index in [9.17, 15) is 9.59 Å². The maximum absolute atomic E-state index is 11.9. The van der Waals surface area contributed by atoms with Gasteiger partial charge in [0.25, 0.3) is 5.91 Å². The standard InChI is InChI=1S/C16H14N4O2/c21-15(19-20-16(22)11-5-7-17-8-6-11)9-12-10-18-14-4-2-1-3-13(12)14/h1-8,10,18H,9H2,(H,19,21)(H,20,22). The third kappa shape index (κ3) is 2.95. The second-order valence-electron chi connectivity index (χ2n) is 4.77. The minimum atomic E-state index is -0.380. The largest absolute Gasteiger partial charge is 0.361 e. The molecule has 0 spiro atoms. The molecule has 3 rings (SSSR count). The second-order valence-corrected chi connectivity index (χ2v) is 4.77. The molecule has 0 unspecified atom stereocenters. The fraction of sp³-hybridized carbons (Fsp3) is 0.0625. The third-order valence-electron chi connectivity index (χ3n) is 3.28. The Morgan fingerprint density at radius 3 is 2.64 bits per heavy atom. The molecule has 2 amide bonds. The summed E-state index contributed by atoms with van der Waals surface area (Å²) in [5, 5.41) is 0.998. The van der Waals surface area contributed by atoms with Crippen molar-refractivity contribution < 1.29 is 9.59 Å². The fourth-order valence-electron chi connectivity index (χ4n) is 2.20. The molecule has 0 bridgehead atoms. The number of hydrazine groups is 1. The summed E-state index contributed by atoms with van der Waals surface area (Å²) in [7, 11) is 0. The Morgan fingerprint density at radius 2 is 1.82 bits per heavy atom. The summed E-state index contributed by atoms with van der Waals surface area (Å²) in [6.45, 7) is 0. The van der Waals surface area contributed by atoms with E-state index in [1.54, 1.807) is 18.3 Å². The van der Waals surface area contributed by atoms with Crippen LogP contribution in [0.4, 0.5) is 0 Å². The number of H-pyrrole nitrogens is 1. The van der Waals surface area contributed by atoms with E-state index in [0.717, 1.165) is 16.5 Å². The summed E-state index contributed by atoms with van der Waals surface area (Å²) in [4.78, 5) is 30.7. The number of fused-ring (bicyclic) bond motifs is 1. The molecule has 0 fully saturated rings. The molecule has 0 radical (unpaired) electrons. The van der Waals surface area contributed by atoms with E-state index in [0.29, 0.717) is 5.56 Å². The molecule has 6 heteroatoms. The number of carbonyl (C=O) groups excluding carboxylic acids is 2. The smallest absolute Gasteiger partial charge is 0.269 e. The van der Waals surface area contributed by atoms with Crippen LogP contribution >= 0.6 is 0 Å². The summed E-state index contributed by atoms with van der Waals surface area (Å²) < 4.78 is 0. The van der Waals surface area contributed by atoms with Crippen LogP contribution in [0, 0.1) is 0 Å². The number of rotatable bonds is 3. The Bertz CT molecular complexity index is 811. The molecule has 1 aromatic carbocycles. The van der Waals surface area contributed by atoms with E-state index in [2.05, 4.69) is 20.8 Å². The molecule has 0 aliphatic heterocycles. The molecule has 6 nitrogen and oxygen atoms in total. The number of carbonyl (C=O) groups is 2. The lowest BCUT2D eigenvalue weighted by molar-refractivity contribution is -0.121. The molecule has 0 saturated carbocycles. The van der Waals surface area contributed by atoms with Gasteiger partial charge in [-0.15, -0.1) is 0 Å². The summed E-state index contributed by atoms with van der Waals surface area (Å²) in [6, 6.07) is 10.9. The van der Waals surface area contributed by atoms with E-state index >= 15 is 0 Å². The highest BCUT2D eigenvalue weighted by Gasteiger charge is 2.10. The lowest BCUT2D eigenvalue weighted by atomic mass is 10.1. The number of benzene rings is 1. The maximum atomic E-state index is 11.9. The molecule has 3 aromatic rings. The van der Waals surface area contributed by atoms with Crippen molar-refractivity contribution in [1.82, 2.24) is 20.8 Å². The number of aromatic amines is 1. The van der Waals surface area contributed by atoms with Gasteiger partial charge in [0.15, 0.2) is 0 Å². The van der Waals surface area contributed by atoms with Gasteiger partial charge in [0.2, 0.25) is 5.91 Å². The zero-order valence-electron chi connectivity index (χ0n) is 11.7. The molecule has 0 saturated heterocycles. The van der Waals surface area contributed by atoms with Gasteiger partial charge in [-0.3, -0.25) is 25.4 Å². The second kappa shape index (κ2) is 6.09. The maximum Gasteiger partial charge on any atom is 0.269 e. The number of nitrogens with one attached hydrogen (secondary N) is 3. The molecule has 110 valence electrons. The average molecular weight is 294 g/mol. The van der Waals surface area contributed by atoms with Crippen molar-refractivity contribution >= 4 is 22.7 Å². The summed E-state index contributed by atoms with van der Waals surface area (Å²) in [5.74, 6) is -0.665. The lowest BCUT2D eigenvalue weighted by Crippen LogP contribution is -2.42. The van der Waals surface area contributed by atoms with E-state index in [1.807, 2.05) is 24.3 Å². The Kier molecular flexibility index (Phi) is 3.82. The molecule has 0 aliphatic rings. The van der Waals surface area contributed by atoms with Crippen LogP contribution < -0.4 is 10.9 Å². The van der Waals surface area contributed by atoms with Crippen LogP contribution in [0.15, 0.2) is 55.0 Å². The van der Waals surface area contributed by atoms with Crippen LogP contribution in [-0.4, -0.2) is 21.8 Å². The van der Waals surface area contributed by atoms with Gasteiger partial charge in [-0.25, -0.2) is 0 Å². The predicted molar refractivity (Wildman–Crippen MR) is 81.8 cm³/mol. The fourth-order valence-corrected chi connectivity index (χ4v) is 2.20. The molecule has 2 aromatic heterocycles. The summed E-state index contributed by atoms with van der Waals surface area (Å²) in [6.07, 6.45) is 5.01. The van der Waals surface area contributed by atoms with Crippen molar-refractivity contribution in [2.24, 2.45) is 0 Å². The Balaban J connectivity index is 1.60. The number of hydrogen-bond acceptors (Lipinski definition) is 3. The van der Waals surface area contributed by atoms with Crippen molar-refractivity contribution in [2.45, 2.75) is 6.42 Å². The zero-order valence-corrected chi connectivity index (χ0v) is 11.7. The summed E-state index contributed by atoms with van der Waals surface area (Å²) >= 11 is 0. The highest BCUT2D eigenvalue weighted by Crippen LogP contribution is 2.17. The van der Waals surface area contributed by atoms with Gasteiger partial charge >= 0.3 is 0 Å². The van der Waals surface area contributed by atoms with Gasteiger partial charge in [0.05, 0.1) is 6.42 Å². The quantitative estimate of drug-likeness (QED) is 0.641. The van der Waals surface area contributed by atoms with Gasteiger partial charge in [0.1, 0.15) is 0 Å². The van der Waals surface area contributed by atoms with Gasteiger partial charge in [0, 0.05) is 35.1 Å². The molecule has 2 heterocycles. The Morgan fingerprint density at radius 1 is 1.05 bits per heavy atom. The normalized spacial score (nSPS) is 10.4. The SMILES string of the molecule is O=C(Cc1c[nH]c2ccccc12)NNC(=O)c1ccncc1. The zero-order chi connectivity index (χ0) is 15.4. The van der Waals surface area contributed by atoms with Crippen molar-refractivity contribution in [3.8, 4) is 0 Å². The van der Waals surface area contributed by atoms with Gasteiger partial charge < -0.3 is 4.98 Å². The van der Waals surface area contributed by atoms with Crippen LogP contribution in [0.25, 0.3) is 10.9 Å². The molecule has 22 heavy (non-hydrogen) atoms. The average Bonchev–Trinajstić information content (AvgIpc) is 2.97. The molecule has 0 atom stereocenters. The van der Waals surface area contributed by atoms with Gasteiger partial charge in [-0.1, -0.05) is 18.2 Å². The van der Waals surface area contributed by atoms with Crippen molar-refractivity contribution in [2.75, 3.05) is 0 Å². The van der Waals surface area contributed by atoms with E-state index < -0.39 is 0 Å². The first-order chi connectivity index (χ1) is 10.7. The van der Waals surface area contributed by atoms with Crippen LogP contribution in [-0.2, 0) is 11.2 Å². The Labute approximate surface area is 126 Å². The van der Waals surface area contributed by atoms with Gasteiger partial charge in [-0.05, 0) is 23.8 Å². The van der Waals surface area contributed by atoms with E-state index in [4.69, 9.17) is 0 Å². The van der Waals surface area contributed by atoms with E-state index in [1.165, 1.54) is 12.4 Å². The monoisotopic (exact) mass is 294 g/mol. The van der Waals surface area contributed by atoms with Crippen molar-refractivity contribution in [3.63, 3.8) is 0 Å². The van der Waals surface area contributed by atoms with Crippen LogP contribution in [0.1, 0.15) is 15.9 Å². The number of aromatic nitrogens is 2. The number of nitrogens with zero attached hydrogens (tertiary/aromatic N) is 1. The van der Waals surface area contributed by atoms with Crippen molar-refractivity contribution in [1.29, 1.82) is 0 Å². The highest BCUT2D eigenvalue weighted by molar-refractivity contribution is 5.96. The minimum Gasteiger partial charge on any atom is -0.361 e. The first kappa shape index (κ1) is 13.8. The number of para-hydroxylation sites is 1. The number of hydrogen-bond donors (Lipinski definition) is 3. The highest BCUT2D eigenvalue weighted by atomic mass is 16.2. The topological polar surface area (TPSA) is 86.9 Å². The minimum absolute atomic E-state index is 0.181. The molecule has 3 N–H and O–H groups in total. The third-order valence-corrected chi connectivity index (χ3v) is 3.28. The molecular formula is C16H14N4O2.